The topological polar surface area (TPSA) is 32.3 Å². The number of piperazine rings is 1. The molecule has 1 fully saturated rings. The van der Waals surface area contributed by atoms with Crippen LogP contribution in [0.1, 0.15) is 15.9 Å². The molecule has 0 aromatic heterocycles. The maximum absolute atomic E-state index is 13.0. The Morgan fingerprint density at radius 2 is 1.85 bits per heavy atom. The summed E-state index contributed by atoms with van der Waals surface area (Å²) in [5, 5.41) is 3.05. The minimum absolute atomic E-state index is 0. The van der Waals surface area contributed by atoms with Gasteiger partial charge in [0, 0.05) is 30.7 Å². The molecule has 1 saturated heterocycles. The number of nitrogens with one attached hydrogen (secondary N) is 1. The van der Waals surface area contributed by atoms with Gasteiger partial charge >= 0.3 is 6.18 Å². The quantitative estimate of drug-likeness (QED) is 0.821. The van der Waals surface area contributed by atoms with Crippen molar-refractivity contribution < 1.29 is 18.0 Å². The molecule has 0 aliphatic carbocycles. The molecule has 0 spiro atoms. The van der Waals surface area contributed by atoms with Crippen LogP contribution in [0.25, 0.3) is 0 Å². The molecule has 1 amide bonds. The first kappa shape index (κ1) is 17.3. The van der Waals surface area contributed by atoms with Crippen molar-refractivity contribution in [2.24, 2.45) is 0 Å². The third-order valence-electron chi connectivity index (χ3n) is 2.92. The molecule has 1 aliphatic heterocycles. The number of amides is 1. The number of carbonyl (C=O) groups excluding carboxylic acids is 1. The van der Waals surface area contributed by atoms with Crippen LogP contribution in [-0.2, 0) is 6.18 Å². The Morgan fingerprint density at radius 1 is 1.25 bits per heavy atom. The molecular weight excluding hydrogens is 360 g/mol. The number of benzene rings is 1. The number of hydrogen-bond acceptors (Lipinski definition) is 2. The van der Waals surface area contributed by atoms with E-state index < -0.39 is 17.6 Å². The van der Waals surface area contributed by atoms with Crippen molar-refractivity contribution in [1.82, 2.24) is 10.2 Å². The highest BCUT2D eigenvalue weighted by molar-refractivity contribution is 9.10. The fraction of sp³-hybridized carbons (Fsp3) is 0.417. The standard InChI is InChI=1S/C12H12BrF3N2O.ClH/c13-8-1-2-9(10(7-8)12(14,15)16)11(19)18-5-3-17-4-6-18;/h1-2,7,17H,3-6H2;1H. The third kappa shape index (κ3) is 3.86. The third-order valence-corrected chi connectivity index (χ3v) is 3.41. The van der Waals surface area contributed by atoms with E-state index in [4.69, 9.17) is 0 Å². The van der Waals surface area contributed by atoms with Crippen LogP contribution >= 0.6 is 28.3 Å². The minimum atomic E-state index is -4.54. The molecule has 1 aromatic rings. The summed E-state index contributed by atoms with van der Waals surface area (Å²) in [7, 11) is 0. The van der Waals surface area contributed by atoms with E-state index in [-0.39, 0.29) is 18.0 Å². The maximum atomic E-state index is 13.0. The van der Waals surface area contributed by atoms with Crippen molar-refractivity contribution in [3.8, 4) is 0 Å². The predicted octanol–water partition coefficient (Wildman–Crippen LogP) is 2.94. The lowest BCUT2D eigenvalue weighted by molar-refractivity contribution is -0.138. The Bertz CT molecular complexity index is 490. The van der Waals surface area contributed by atoms with Gasteiger partial charge in [0.05, 0.1) is 11.1 Å². The molecule has 1 aliphatic rings. The fourth-order valence-electron chi connectivity index (χ4n) is 1.98. The Hall–Kier alpha value is -0.790. The van der Waals surface area contributed by atoms with Crippen LogP contribution in [0.4, 0.5) is 13.2 Å². The summed E-state index contributed by atoms with van der Waals surface area (Å²) in [6.07, 6.45) is -4.54. The van der Waals surface area contributed by atoms with Gasteiger partial charge in [-0.15, -0.1) is 12.4 Å². The summed E-state index contributed by atoms with van der Waals surface area (Å²) in [6.45, 7) is 2.05. The van der Waals surface area contributed by atoms with Crippen LogP contribution in [0, 0.1) is 0 Å². The van der Waals surface area contributed by atoms with Crippen LogP contribution < -0.4 is 5.32 Å². The van der Waals surface area contributed by atoms with Crippen molar-refractivity contribution in [2.75, 3.05) is 26.2 Å². The number of alkyl halides is 3. The monoisotopic (exact) mass is 372 g/mol. The Morgan fingerprint density at radius 3 is 2.40 bits per heavy atom. The van der Waals surface area contributed by atoms with Gasteiger partial charge in [-0.2, -0.15) is 13.2 Å². The zero-order valence-corrected chi connectivity index (χ0v) is 12.7. The van der Waals surface area contributed by atoms with Crippen LogP contribution in [-0.4, -0.2) is 37.0 Å². The van der Waals surface area contributed by atoms with Gasteiger partial charge in [-0.05, 0) is 18.2 Å². The smallest absolute Gasteiger partial charge is 0.336 e. The van der Waals surface area contributed by atoms with Gasteiger partial charge in [0.2, 0.25) is 0 Å². The number of halogens is 5. The Labute approximate surface area is 129 Å². The second-order valence-electron chi connectivity index (χ2n) is 4.23. The number of rotatable bonds is 1. The summed E-state index contributed by atoms with van der Waals surface area (Å²) in [5.74, 6) is -0.568. The van der Waals surface area contributed by atoms with Gasteiger partial charge in [-0.3, -0.25) is 4.79 Å². The molecule has 0 atom stereocenters. The highest BCUT2D eigenvalue weighted by Crippen LogP contribution is 2.34. The summed E-state index contributed by atoms with van der Waals surface area (Å²) >= 11 is 3.00. The van der Waals surface area contributed by atoms with Crippen molar-refractivity contribution >= 4 is 34.2 Å². The molecule has 0 radical (unpaired) electrons. The average molecular weight is 374 g/mol. The van der Waals surface area contributed by atoms with E-state index in [1.807, 2.05) is 0 Å². The maximum Gasteiger partial charge on any atom is 0.417 e. The molecule has 0 saturated carbocycles. The van der Waals surface area contributed by atoms with Crippen LogP contribution in [0.2, 0.25) is 0 Å². The lowest BCUT2D eigenvalue weighted by Gasteiger charge is -2.28. The van der Waals surface area contributed by atoms with E-state index in [1.165, 1.54) is 17.0 Å². The molecule has 1 N–H and O–H groups in total. The number of hydrogen-bond donors (Lipinski definition) is 1. The van der Waals surface area contributed by atoms with Crippen molar-refractivity contribution in [3.63, 3.8) is 0 Å². The molecular formula is C12H13BrClF3N2O. The SMILES string of the molecule is Cl.O=C(c1ccc(Br)cc1C(F)(F)F)N1CCNCC1. The van der Waals surface area contributed by atoms with E-state index in [1.54, 1.807) is 0 Å². The first-order chi connectivity index (χ1) is 8.89. The fourth-order valence-corrected chi connectivity index (χ4v) is 2.34. The summed E-state index contributed by atoms with van der Waals surface area (Å²) in [4.78, 5) is 13.6. The summed E-state index contributed by atoms with van der Waals surface area (Å²) in [5.41, 5.74) is -1.19. The van der Waals surface area contributed by atoms with Gasteiger partial charge in [-0.25, -0.2) is 0 Å². The van der Waals surface area contributed by atoms with Crippen LogP contribution in [0.3, 0.4) is 0 Å². The summed E-state index contributed by atoms with van der Waals surface area (Å²) < 4.78 is 39.2. The number of nitrogens with zero attached hydrogens (tertiary/aromatic N) is 1. The van der Waals surface area contributed by atoms with E-state index in [0.717, 1.165) is 6.07 Å². The molecule has 0 bridgehead atoms. The summed E-state index contributed by atoms with van der Waals surface area (Å²) in [6, 6.07) is 3.61. The first-order valence-corrected chi connectivity index (χ1v) is 6.55. The molecule has 112 valence electrons. The molecule has 1 aromatic carbocycles. The highest BCUT2D eigenvalue weighted by Gasteiger charge is 2.36. The van der Waals surface area contributed by atoms with E-state index in [2.05, 4.69) is 21.2 Å². The Kier molecular flexibility index (Phi) is 5.85. The van der Waals surface area contributed by atoms with Crippen molar-refractivity contribution in [1.29, 1.82) is 0 Å². The van der Waals surface area contributed by atoms with Crippen LogP contribution in [0.15, 0.2) is 22.7 Å². The van der Waals surface area contributed by atoms with Crippen molar-refractivity contribution in [3.05, 3.63) is 33.8 Å². The second-order valence-corrected chi connectivity index (χ2v) is 5.15. The van der Waals surface area contributed by atoms with Gasteiger partial charge in [0.15, 0.2) is 0 Å². The number of carbonyl (C=O) groups is 1. The Balaban J connectivity index is 0.00000200. The minimum Gasteiger partial charge on any atom is -0.336 e. The molecule has 3 nitrogen and oxygen atoms in total. The van der Waals surface area contributed by atoms with Gasteiger partial charge in [-0.1, -0.05) is 15.9 Å². The first-order valence-electron chi connectivity index (χ1n) is 5.76. The zero-order chi connectivity index (χ0) is 14.0. The van der Waals surface area contributed by atoms with Gasteiger partial charge < -0.3 is 10.2 Å². The molecule has 0 unspecified atom stereocenters. The molecule has 20 heavy (non-hydrogen) atoms. The average Bonchev–Trinajstić information content (AvgIpc) is 2.38. The van der Waals surface area contributed by atoms with Gasteiger partial charge in [0.1, 0.15) is 0 Å². The van der Waals surface area contributed by atoms with Gasteiger partial charge in [0.25, 0.3) is 5.91 Å². The zero-order valence-electron chi connectivity index (χ0n) is 10.3. The molecule has 1 heterocycles. The second kappa shape index (κ2) is 6.78. The van der Waals surface area contributed by atoms with Crippen molar-refractivity contribution in [2.45, 2.75) is 6.18 Å². The highest BCUT2D eigenvalue weighted by atomic mass is 79.9. The van der Waals surface area contributed by atoms with E-state index >= 15 is 0 Å². The lowest BCUT2D eigenvalue weighted by atomic mass is 10.1. The van der Waals surface area contributed by atoms with Crippen LogP contribution in [0.5, 0.6) is 0 Å². The molecule has 8 heteroatoms. The van der Waals surface area contributed by atoms with E-state index in [9.17, 15) is 18.0 Å². The predicted molar refractivity (Wildman–Crippen MR) is 75.2 cm³/mol. The van der Waals surface area contributed by atoms with E-state index in [0.29, 0.717) is 30.7 Å². The largest absolute Gasteiger partial charge is 0.417 e. The normalized spacial score (nSPS) is 15.7. The lowest BCUT2D eigenvalue weighted by Crippen LogP contribution is -2.46. The molecule has 2 rings (SSSR count).